The van der Waals surface area contributed by atoms with E-state index >= 15 is 0 Å². The molecule has 1 aliphatic carbocycles. The Labute approximate surface area is 98.2 Å². The van der Waals surface area contributed by atoms with Crippen LogP contribution in [0, 0.1) is 0 Å². The van der Waals surface area contributed by atoms with Crippen LogP contribution in [0.3, 0.4) is 0 Å². The van der Waals surface area contributed by atoms with Gasteiger partial charge in [-0.2, -0.15) is 5.10 Å². The van der Waals surface area contributed by atoms with E-state index in [4.69, 9.17) is 0 Å². The summed E-state index contributed by atoms with van der Waals surface area (Å²) in [7, 11) is 0. The summed E-state index contributed by atoms with van der Waals surface area (Å²) in [5.74, 6) is 0. The fraction of sp³-hybridized carbons (Fsp3) is 0.769. The van der Waals surface area contributed by atoms with Crippen molar-refractivity contribution >= 4 is 0 Å². The van der Waals surface area contributed by atoms with Crippen LogP contribution in [0.4, 0.5) is 0 Å². The van der Waals surface area contributed by atoms with Crippen LogP contribution in [-0.2, 0) is 6.42 Å². The minimum Gasteiger partial charge on any atom is -0.310 e. The van der Waals surface area contributed by atoms with Crippen molar-refractivity contribution in [3.05, 3.63) is 17.5 Å². The molecule has 0 spiro atoms. The predicted molar refractivity (Wildman–Crippen MR) is 66.6 cm³/mol. The first-order valence-corrected chi connectivity index (χ1v) is 6.53. The molecule has 90 valence electrons. The fourth-order valence-electron chi connectivity index (χ4n) is 2.65. The lowest BCUT2D eigenvalue weighted by Crippen LogP contribution is -2.20. The van der Waals surface area contributed by atoms with Crippen molar-refractivity contribution < 1.29 is 0 Å². The van der Waals surface area contributed by atoms with Gasteiger partial charge in [0.15, 0.2) is 0 Å². The molecular weight excluding hydrogens is 198 g/mol. The highest BCUT2D eigenvalue weighted by atomic mass is 15.3. The number of rotatable bonds is 3. The Morgan fingerprint density at radius 3 is 3.00 bits per heavy atom. The maximum absolute atomic E-state index is 4.55. The molecule has 2 rings (SSSR count). The average Bonchev–Trinajstić information content (AvgIpc) is 2.58. The Morgan fingerprint density at radius 2 is 2.31 bits per heavy atom. The van der Waals surface area contributed by atoms with E-state index < -0.39 is 0 Å². The van der Waals surface area contributed by atoms with Crippen LogP contribution < -0.4 is 5.32 Å². The molecule has 1 heterocycles. The van der Waals surface area contributed by atoms with Gasteiger partial charge < -0.3 is 5.32 Å². The van der Waals surface area contributed by atoms with Gasteiger partial charge in [-0.25, -0.2) is 0 Å². The largest absolute Gasteiger partial charge is 0.310 e. The first-order chi connectivity index (χ1) is 7.74. The van der Waals surface area contributed by atoms with Crippen LogP contribution in [-0.4, -0.2) is 16.3 Å². The number of hydrogen-bond donors (Lipinski definition) is 1. The smallest absolute Gasteiger partial charge is 0.0540 e. The van der Waals surface area contributed by atoms with Crippen LogP contribution in [0.1, 0.15) is 63.4 Å². The molecular formula is C13H23N3. The Kier molecular flexibility index (Phi) is 3.64. The van der Waals surface area contributed by atoms with Crippen molar-refractivity contribution in [1.82, 2.24) is 15.1 Å². The van der Waals surface area contributed by atoms with Crippen LogP contribution in [0.2, 0.25) is 0 Å². The molecule has 1 aromatic rings. The third-order valence-corrected chi connectivity index (χ3v) is 3.40. The Balaban J connectivity index is 2.32. The van der Waals surface area contributed by atoms with Crippen LogP contribution >= 0.6 is 0 Å². The summed E-state index contributed by atoms with van der Waals surface area (Å²) in [4.78, 5) is 0. The highest BCUT2D eigenvalue weighted by molar-refractivity contribution is 5.24. The molecule has 1 atom stereocenters. The van der Waals surface area contributed by atoms with E-state index in [-0.39, 0.29) is 0 Å². The number of hydrogen-bond acceptors (Lipinski definition) is 2. The third kappa shape index (κ3) is 2.14. The van der Waals surface area contributed by atoms with Gasteiger partial charge in [-0.3, -0.25) is 4.68 Å². The lowest BCUT2D eigenvalue weighted by molar-refractivity contribution is 0.501. The first-order valence-electron chi connectivity index (χ1n) is 6.53. The Hall–Kier alpha value is -0.830. The Bertz CT molecular complexity index is 341. The lowest BCUT2D eigenvalue weighted by Gasteiger charge is -2.16. The van der Waals surface area contributed by atoms with Crippen LogP contribution in [0.15, 0.2) is 6.20 Å². The normalized spacial score (nSPS) is 20.9. The minimum atomic E-state index is 0.476. The molecule has 1 aliphatic rings. The Morgan fingerprint density at radius 1 is 1.50 bits per heavy atom. The van der Waals surface area contributed by atoms with E-state index in [9.17, 15) is 0 Å². The van der Waals surface area contributed by atoms with Crippen molar-refractivity contribution in [2.75, 3.05) is 6.54 Å². The maximum Gasteiger partial charge on any atom is 0.0540 e. The van der Waals surface area contributed by atoms with Gasteiger partial charge in [0.25, 0.3) is 0 Å². The molecule has 0 radical (unpaired) electrons. The topological polar surface area (TPSA) is 29.9 Å². The summed E-state index contributed by atoms with van der Waals surface area (Å²) in [5, 5.41) is 8.13. The van der Waals surface area contributed by atoms with Crippen molar-refractivity contribution in [2.45, 2.75) is 58.5 Å². The van der Waals surface area contributed by atoms with E-state index in [1.807, 2.05) is 0 Å². The van der Waals surface area contributed by atoms with E-state index in [1.165, 1.54) is 36.9 Å². The summed E-state index contributed by atoms with van der Waals surface area (Å²) in [6, 6.07) is 0.999. The zero-order valence-corrected chi connectivity index (χ0v) is 10.7. The standard InChI is InChI=1S/C13H23N3/c1-4-14-12-7-5-6-8-13-11(12)9-15-16(13)10(2)3/h9-10,12,14H,4-8H2,1-3H3. The van der Waals surface area contributed by atoms with Gasteiger partial charge >= 0.3 is 0 Å². The molecule has 0 aliphatic heterocycles. The SMILES string of the molecule is CCNC1CCCCc2c1cnn2C(C)C. The lowest BCUT2D eigenvalue weighted by atomic mass is 10.1. The van der Waals surface area contributed by atoms with Crippen LogP contribution in [0.5, 0.6) is 0 Å². The van der Waals surface area contributed by atoms with Crippen molar-refractivity contribution in [3.63, 3.8) is 0 Å². The van der Waals surface area contributed by atoms with Gasteiger partial charge in [0, 0.05) is 23.3 Å². The molecule has 0 saturated heterocycles. The molecule has 1 unspecified atom stereocenters. The maximum atomic E-state index is 4.55. The minimum absolute atomic E-state index is 0.476. The van der Waals surface area contributed by atoms with E-state index in [2.05, 4.69) is 42.1 Å². The number of nitrogens with zero attached hydrogens (tertiary/aromatic N) is 2. The summed E-state index contributed by atoms with van der Waals surface area (Å²) in [6.07, 6.45) is 7.14. The quantitative estimate of drug-likeness (QED) is 0.795. The summed E-state index contributed by atoms with van der Waals surface area (Å²) in [5.41, 5.74) is 2.89. The van der Waals surface area contributed by atoms with Crippen molar-refractivity contribution in [3.8, 4) is 0 Å². The highest BCUT2D eigenvalue weighted by Crippen LogP contribution is 2.29. The van der Waals surface area contributed by atoms with Gasteiger partial charge in [-0.15, -0.1) is 0 Å². The number of fused-ring (bicyclic) bond motifs is 1. The zero-order chi connectivity index (χ0) is 11.5. The first kappa shape index (κ1) is 11.6. The molecule has 16 heavy (non-hydrogen) atoms. The van der Waals surface area contributed by atoms with E-state index in [0.717, 1.165) is 6.54 Å². The second kappa shape index (κ2) is 5.00. The number of aromatic nitrogens is 2. The summed E-state index contributed by atoms with van der Waals surface area (Å²) in [6.45, 7) is 7.63. The molecule has 1 N–H and O–H groups in total. The number of nitrogens with one attached hydrogen (secondary N) is 1. The molecule has 0 amide bonds. The van der Waals surface area contributed by atoms with E-state index in [1.54, 1.807) is 0 Å². The third-order valence-electron chi connectivity index (χ3n) is 3.40. The fourth-order valence-corrected chi connectivity index (χ4v) is 2.65. The molecule has 0 aromatic carbocycles. The van der Waals surface area contributed by atoms with Crippen molar-refractivity contribution in [1.29, 1.82) is 0 Å². The molecule has 3 nitrogen and oxygen atoms in total. The van der Waals surface area contributed by atoms with Gasteiger partial charge in [-0.05, 0) is 39.7 Å². The van der Waals surface area contributed by atoms with Gasteiger partial charge in [-0.1, -0.05) is 13.3 Å². The zero-order valence-electron chi connectivity index (χ0n) is 10.7. The van der Waals surface area contributed by atoms with E-state index in [0.29, 0.717) is 12.1 Å². The molecule has 0 saturated carbocycles. The van der Waals surface area contributed by atoms with Crippen molar-refractivity contribution in [2.24, 2.45) is 0 Å². The molecule has 0 fully saturated rings. The summed E-state index contributed by atoms with van der Waals surface area (Å²) < 4.78 is 2.20. The molecule has 1 aromatic heterocycles. The summed E-state index contributed by atoms with van der Waals surface area (Å²) >= 11 is 0. The van der Waals surface area contributed by atoms with Gasteiger partial charge in [0.05, 0.1) is 6.20 Å². The molecule has 0 bridgehead atoms. The van der Waals surface area contributed by atoms with Gasteiger partial charge in [0.2, 0.25) is 0 Å². The van der Waals surface area contributed by atoms with Gasteiger partial charge in [0.1, 0.15) is 0 Å². The monoisotopic (exact) mass is 221 g/mol. The second-order valence-corrected chi connectivity index (χ2v) is 4.94. The average molecular weight is 221 g/mol. The molecule has 3 heteroatoms. The highest BCUT2D eigenvalue weighted by Gasteiger charge is 2.22. The van der Waals surface area contributed by atoms with Crippen LogP contribution in [0.25, 0.3) is 0 Å². The predicted octanol–water partition coefficient (Wildman–Crippen LogP) is 2.84. The second-order valence-electron chi connectivity index (χ2n) is 4.94.